The first-order valence-corrected chi connectivity index (χ1v) is 10.6. The Balaban J connectivity index is 1.55. The molecule has 6 nitrogen and oxygen atoms in total. The summed E-state index contributed by atoms with van der Waals surface area (Å²) in [6.45, 7) is 3.87. The van der Waals surface area contributed by atoms with Crippen LogP contribution in [0.2, 0.25) is 0 Å². The number of para-hydroxylation sites is 1. The second-order valence-electron chi connectivity index (χ2n) is 7.17. The Bertz CT molecular complexity index is 1010. The molecule has 0 radical (unpaired) electrons. The lowest BCUT2D eigenvalue weighted by molar-refractivity contribution is -0.113. The summed E-state index contributed by atoms with van der Waals surface area (Å²) in [4.78, 5) is 17.5. The Labute approximate surface area is 169 Å². The number of benzene rings is 1. The second kappa shape index (κ2) is 7.83. The van der Waals surface area contributed by atoms with Crippen molar-refractivity contribution in [3.8, 4) is 5.69 Å². The van der Waals surface area contributed by atoms with Crippen molar-refractivity contribution in [3.63, 3.8) is 0 Å². The van der Waals surface area contributed by atoms with Crippen LogP contribution in [0.1, 0.15) is 35.6 Å². The summed E-state index contributed by atoms with van der Waals surface area (Å²) < 4.78 is 4.02. The number of aromatic nitrogens is 4. The molecule has 0 fully saturated rings. The van der Waals surface area contributed by atoms with Crippen molar-refractivity contribution in [1.82, 2.24) is 19.3 Å². The zero-order chi connectivity index (χ0) is 19.7. The molecule has 1 aromatic carbocycles. The third-order valence-corrected chi connectivity index (χ3v) is 6.16. The SMILES string of the molecule is Cc1nn(C)c(C)c1NC(=O)CSc1nc2c(n1-c1ccccc1)CCCC2. The lowest BCUT2D eigenvalue weighted by atomic mass is 10.0. The molecular weight excluding hydrogens is 370 g/mol. The standard InChI is InChI=1S/C21H25N5OS/c1-14-20(15(2)25(3)24-14)23-19(27)13-28-21-22-17-11-7-8-12-18(17)26(21)16-9-5-4-6-10-16/h4-6,9-10H,7-8,11-13H2,1-3H3,(H,23,27). The van der Waals surface area contributed by atoms with Gasteiger partial charge in [-0.25, -0.2) is 4.98 Å². The minimum absolute atomic E-state index is 0.0372. The summed E-state index contributed by atoms with van der Waals surface area (Å²) in [6, 6.07) is 10.3. The van der Waals surface area contributed by atoms with Gasteiger partial charge >= 0.3 is 0 Å². The van der Waals surface area contributed by atoms with Gasteiger partial charge in [0, 0.05) is 18.4 Å². The quantitative estimate of drug-likeness (QED) is 0.667. The number of hydrogen-bond acceptors (Lipinski definition) is 4. The number of carbonyl (C=O) groups is 1. The highest BCUT2D eigenvalue weighted by Gasteiger charge is 2.22. The molecule has 1 N–H and O–H groups in total. The first kappa shape index (κ1) is 18.8. The summed E-state index contributed by atoms with van der Waals surface area (Å²) in [7, 11) is 1.88. The molecule has 0 bridgehead atoms. The van der Waals surface area contributed by atoms with Crippen LogP contribution >= 0.6 is 11.8 Å². The maximum atomic E-state index is 12.6. The number of anilines is 1. The predicted molar refractivity (Wildman–Crippen MR) is 112 cm³/mol. The Kier molecular flexibility index (Phi) is 5.26. The highest BCUT2D eigenvalue weighted by molar-refractivity contribution is 7.99. The predicted octanol–water partition coefficient (Wildman–Crippen LogP) is 3.83. The molecule has 7 heteroatoms. The molecule has 146 valence electrons. The van der Waals surface area contributed by atoms with Crippen molar-refractivity contribution in [1.29, 1.82) is 0 Å². The molecule has 3 aromatic rings. The second-order valence-corrected chi connectivity index (χ2v) is 8.11. The van der Waals surface area contributed by atoms with Crippen LogP contribution in [-0.2, 0) is 24.7 Å². The van der Waals surface area contributed by atoms with E-state index in [1.807, 2.05) is 39.1 Å². The van der Waals surface area contributed by atoms with Gasteiger partial charge in [0.05, 0.1) is 28.5 Å². The van der Waals surface area contributed by atoms with Gasteiger partial charge in [-0.3, -0.25) is 14.0 Å². The summed E-state index contributed by atoms with van der Waals surface area (Å²) in [5.41, 5.74) is 6.17. The maximum Gasteiger partial charge on any atom is 0.234 e. The van der Waals surface area contributed by atoms with Crippen LogP contribution in [0.25, 0.3) is 5.69 Å². The first-order valence-electron chi connectivity index (χ1n) is 9.63. The van der Waals surface area contributed by atoms with Crippen molar-refractivity contribution < 1.29 is 4.79 Å². The van der Waals surface area contributed by atoms with Gasteiger partial charge in [-0.1, -0.05) is 30.0 Å². The van der Waals surface area contributed by atoms with E-state index in [9.17, 15) is 4.79 Å². The highest BCUT2D eigenvalue weighted by atomic mass is 32.2. The number of amides is 1. The molecule has 0 saturated heterocycles. The van der Waals surface area contributed by atoms with Crippen LogP contribution in [0.3, 0.4) is 0 Å². The number of hydrogen-bond donors (Lipinski definition) is 1. The molecule has 0 atom stereocenters. The van der Waals surface area contributed by atoms with Crippen LogP contribution in [0, 0.1) is 13.8 Å². The first-order chi connectivity index (χ1) is 13.5. The van der Waals surface area contributed by atoms with Crippen molar-refractivity contribution in [3.05, 3.63) is 53.1 Å². The Hall–Kier alpha value is -2.54. The summed E-state index contributed by atoms with van der Waals surface area (Å²) in [6.07, 6.45) is 4.43. The van der Waals surface area contributed by atoms with E-state index in [0.717, 1.165) is 40.8 Å². The fourth-order valence-corrected chi connectivity index (χ4v) is 4.57. The maximum absolute atomic E-state index is 12.6. The van der Waals surface area contributed by atoms with Gasteiger partial charge in [-0.15, -0.1) is 0 Å². The van der Waals surface area contributed by atoms with Gasteiger partial charge in [0.25, 0.3) is 0 Å². The smallest absolute Gasteiger partial charge is 0.234 e. The lowest BCUT2D eigenvalue weighted by Crippen LogP contribution is -2.16. The molecule has 0 saturated carbocycles. The number of imidazole rings is 1. The molecule has 1 aliphatic carbocycles. The number of nitrogens with zero attached hydrogens (tertiary/aromatic N) is 4. The zero-order valence-electron chi connectivity index (χ0n) is 16.5. The van der Waals surface area contributed by atoms with Crippen molar-refractivity contribution >= 4 is 23.4 Å². The van der Waals surface area contributed by atoms with E-state index in [0.29, 0.717) is 5.75 Å². The van der Waals surface area contributed by atoms with E-state index in [2.05, 4.69) is 27.1 Å². The van der Waals surface area contributed by atoms with E-state index < -0.39 is 0 Å². The average molecular weight is 396 g/mol. The normalized spacial score (nSPS) is 13.4. The number of carbonyl (C=O) groups excluding carboxylic acids is 1. The van der Waals surface area contributed by atoms with Crippen LogP contribution in [0.5, 0.6) is 0 Å². The van der Waals surface area contributed by atoms with E-state index in [1.54, 1.807) is 4.68 Å². The molecule has 0 unspecified atom stereocenters. The zero-order valence-corrected chi connectivity index (χ0v) is 17.3. The monoisotopic (exact) mass is 395 g/mol. The third kappa shape index (κ3) is 3.58. The van der Waals surface area contributed by atoms with E-state index in [4.69, 9.17) is 4.98 Å². The summed E-state index contributed by atoms with van der Waals surface area (Å²) in [5, 5.41) is 8.27. The lowest BCUT2D eigenvalue weighted by Gasteiger charge is -2.15. The minimum atomic E-state index is -0.0372. The fourth-order valence-electron chi connectivity index (χ4n) is 3.72. The number of aryl methyl sites for hydroxylation is 3. The molecule has 0 spiro atoms. The molecule has 2 aromatic heterocycles. The van der Waals surface area contributed by atoms with Gasteiger partial charge in [0.15, 0.2) is 5.16 Å². The molecule has 1 aliphatic rings. The van der Waals surface area contributed by atoms with Gasteiger partial charge in [-0.05, 0) is 51.7 Å². The van der Waals surface area contributed by atoms with Crippen molar-refractivity contribution in [2.75, 3.05) is 11.1 Å². The van der Waals surface area contributed by atoms with E-state index in [-0.39, 0.29) is 5.91 Å². The third-order valence-electron chi connectivity index (χ3n) is 5.22. The molecule has 2 heterocycles. The number of fused-ring (bicyclic) bond motifs is 1. The Morgan fingerprint density at radius 2 is 1.93 bits per heavy atom. The van der Waals surface area contributed by atoms with Crippen LogP contribution in [-0.4, -0.2) is 31.0 Å². The van der Waals surface area contributed by atoms with Crippen LogP contribution in [0.4, 0.5) is 5.69 Å². The molecule has 1 amide bonds. The largest absolute Gasteiger partial charge is 0.322 e. The van der Waals surface area contributed by atoms with E-state index in [1.165, 1.54) is 36.0 Å². The number of nitrogens with one attached hydrogen (secondary N) is 1. The topological polar surface area (TPSA) is 64.7 Å². The van der Waals surface area contributed by atoms with Crippen molar-refractivity contribution in [2.24, 2.45) is 7.05 Å². The molecule has 0 aliphatic heterocycles. The average Bonchev–Trinajstić information content (AvgIpc) is 3.19. The molecule has 28 heavy (non-hydrogen) atoms. The fraction of sp³-hybridized carbons (Fsp3) is 0.381. The van der Waals surface area contributed by atoms with Gasteiger partial charge in [-0.2, -0.15) is 5.10 Å². The van der Waals surface area contributed by atoms with Crippen LogP contribution in [0.15, 0.2) is 35.5 Å². The van der Waals surface area contributed by atoms with Gasteiger partial charge < -0.3 is 5.32 Å². The Morgan fingerprint density at radius 1 is 1.18 bits per heavy atom. The minimum Gasteiger partial charge on any atom is -0.322 e. The highest BCUT2D eigenvalue weighted by Crippen LogP contribution is 2.30. The van der Waals surface area contributed by atoms with Gasteiger partial charge in [0.1, 0.15) is 0 Å². The van der Waals surface area contributed by atoms with E-state index >= 15 is 0 Å². The summed E-state index contributed by atoms with van der Waals surface area (Å²) >= 11 is 1.49. The summed E-state index contributed by atoms with van der Waals surface area (Å²) in [5.74, 6) is 0.279. The van der Waals surface area contributed by atoms with Crippen LogP contribution < -0.4 is 5.32 Å². The van der Waals surface area contributed by atoms with Crippen molar-refractivity contribution in [2.45, 2.75) is 44.7 Å². The molecular formula is C21H25N5OS. The number of thioether (sulfide) groups is 1. The van der Waals surface area contributed by atoms with Gasteiger partial charge in [0.2, 0.25) is 5.91 Å². The Morgan fingerprint density at radius 3 is 2.64 bits per heavy atom. The number of rotatable bonds is 5. The molecule has 4 rings (SSSR count).